The predicted molar refractivity (Wildman–Crippen MR) is 62.1 cm³/mol. The van der Waals surface area contributed by atoms with Crippen LogP contribution in [0.4, 0.5) is 4.79 Å². The average molecular weight is 225 g/mol. The maximum Gasteiger partial charge on any atom is 0.312 e. The number of amides is 2. The molecule has 16 heavy (non-hydrogen) atoms. The number of hydrogen-bond acceptors (Lipinski definition) is 3. The molecule has 0 radical (unpaired) electrons. The summed E-state index contributed by atoms with van der Waals surface area (Å²) in [6.45, 7) is 3.38. The number of hydrogen-bond donors (Lipinski definition) is 3. The van der Waals surface area contributed by atoms with Gasteiger partial charge in [-0.3, -0.25) is 0 Å². The van der Waals surface area contributed by atoms with Crippen molar-refractivity contribution in [1.29, 1.82) is 0 Å². The van der Waals surface area contributed by atoms with Crippen molar-refractivity contribution in [3.8, 4) is 0 Å². The number of urea groups is 1. The molecule has 0 spiro atoms. The van der Waals surface area contributed by atoms with Crippen LogP contribution in [0.25, 0.3) is 0 Å². The van der Waals surface area contributed by atoms with Gasteiger partial charge in [-0.1, -0.05) is 0 Å². The molecule has 5 heteroatoms. The lowest BCUT2D eigenvalue weighted by Gasteiger charge is -2.12. The zero-order valence-corrected chi connectivity index (χ0v) is 9.53. The third-order valence-corrected chi connectivity index (χ3v) is 2.32. The Morgan fingerprint density at radius 3 is 3.00 bits per heavy atom. The van der Waals surface area contributed by atoms with E-state index in [9.17, 15) is 4.79 Å². The fourth-order valence-corrected chi connectivity index (χ4v) is 1.42. The largest absolute Gasteiger partial charge is 0.469 e. The van der Waals surface area contributed by atoms with Crippen molar-refractivity contribution in [3.63, 3.8) is 0 Å². The Balaban J connectivity index is 2.02. The van der Waals surface area contributed by atoms with E-state index in [2.05, 4.69) is 17.6 Å². The van der Waals surface area contributed by atoms with Crippen LogP contribution >= 0.6 is 0 Å². The summed E-state index contributed by atoms with van der Waals surface area (Å²) < 4.78 is 5.24. The van der Waals surface area contributed by atoms with Gasteiger partial charge in [0.2, 0.25) is 0 Å². The molecule has 1 aromatic rings. The van der Waals surface area contributed by atoms with Crippen LogP contribution in [0.15, 0.2) is 22.8 Å². The molecule has 1 unspecified atom stereocenters. The molecule has 1 rings (SSSR count). The summed E-state index contributed by atoms with van der Waals surface area (Å²) >= 11 is 0. The topological polar surface area (TPSA) is 80.3 Å². The van der Waals surface area contributed by atoms with Crippen molar-refractivity contribution < 1.29 is 9.21 Å². The molecule has 90 valence electrons. The van der Waals surface area contributed by atoms with E-state index >= 15 is 0 Å². The molecule has 1 heterocycles. The number of carbonyl (C=O) groups excluding carboxylic acids is 1. The van der Waals surface area contributed by atoms with Crippen molar-refractivity contribution in [2.45, 2.75) is 25.8 Å². The van der Waals surface area contributed by atoms with Gasteiger partial charge in [-0.15, -0.1) is 0 Å². The van der Waals surface area contributed by atoms with Crippen LogP contribution in [-0.4, -0.2) is 25.2 Å². The lowest BCUT2D eigenvalue weighted by molar-refractivity contribution is 0.249. The lowest BCUT2D eigenvalue weighted by atomic mass is 10.1. The van der Waals surface area contributed by atoms with Gasteiger partial charge < -0.3 is 20.8 Å². The molecular formula is C11H19N3O2. The molecule has 0 saturated heterocycles. The number of aryl methyl sites for hydroxylation is 1. The predicted octanol–water partition coefficient (Wildman–Crippen LogP) is 0.859. The third kappa shape index (κ3) is 5.41. The van der Waals surface area contributed by atoms with Crippen molar-refractivity contribution in [3.05, 3.63) is 24.2 Å². The van der Waals surface area contributed by atoms with Crippen LogP contribution in [-0.2, 0) is 6.42 Å². The first kappa shape index (κ1) is 12.6. The van der Waals surface area contributed by atoms with E-state index in [0.717, 1.165) is 25.1 Å². The summed E-state index contributed by atoms with van der Waals surface area (Å²) in [6, 6.07) is 3.77. The molecule has 0 saturated carbocycles. The minimum atomic E-state index is -0.481. The first-order valence-electron chi connectivity index (χ1n) is 5.47. The van der Waals surface area contributed by atoms with Crippen molar-refractivity contribution >= 4 is 6.03 Å². The number of rotatable bonds is 7. The highest BCUT2D eigenvalue weighted by atomic mass is 16.3. The highest BCUT2D eigenvalue weighted by molar-refractivity contribution is 5.71. The Kier molecular flexibility index (Phi) is 5.42. The number of primary amides is 1. The van der Waals surface area contributed by atoms with Crippen LogP contribution < -0.4 is 16.4 Å². The molecule has 0 bridgehead atoms. The van der Waals surface area contributed by atoms with E-state index in [0.29, 0.717) is 12.6 Å². The van der Waals surface area contributed by atoms with Gasteiger partial charge in [0, 0.05) is 25.6 Å². The standard InChI is InChI=1S/C11H19N3O2/c1-9(13-6-7-14-11(12)15)4-5-10-3-2-8-16-10/h2-3,8-9,13H,4-7H2,1H3,(H3,12,14,15). The van der Waals surface area contributed by atoms with Crippen LogP contribution in [0.5, 0.6) is 0 Å². The number of nitrogens with one attached hydrogen (secondary N) is 2. The summed E-state index contributed by atoms with van der Waals surface area (Å²) in [7, 11) is 0. The molecule has 5 nitrogen and oxygen atoms in total. The van der Waals surface area contributed by atoms with Gasteiger partial charge in [0.05, 0.1) is 6.26 Å². The SMILES string of the molecule is CC(CCc1ccco1)NCCNC(N)=O. The average Bonchev–Trinajstić information content (AvgIpc) is 2.74. The molecule has 0 aliphatic carbocycles. The summed E-state index contributed by atoms with van der Waals surface area (Å²) in [4.78, 5) is 10.4. The first-order chi connectivity index (χ1) is 7.68. The Labute approximate surface area is 95.4 Å². The van der Waals surface area contributed by atoms with Crippen LogP contribution in [0.3, 0.4) is 0 Å². The minimum absolute atomic E-state index is 0.389. The third-order valence-electron chi connectivity index (χ3n) is 2.32. The molecule has 2 amide bonds. The molecule has 1 atom stereocenters. The maximum absolute atomic E-state index is 10.4. The van der Waals surface area contributed by atoms with Crippen LogP contribution in [0, 0.1) is 0 Å². The number of furan rings is 1. The normalized spacial score (nSPS) is 12.3. The molecule has 1 aromatic heterocycles. The Hall–Kier alpha value is -1.49. The van der Waals surface area contributed by atoms with Gasteiger partial charge in [0.15, 0.2) is 0 Å². The van der Waals surface area contributed by atoms with Crippen molar-refractivity contribution in [2.75, 3.05) is 13.1 Å². The van der Waals surface area contributed by atoms with Crippen molar-refractivity contribution in [1.82, 2.24) is 10.6 Å². The molecule has 0 aliphatic heterocycles. The first-order valence-corrected chi connectivity index (χ1v) is 5.47. The summed E-state index contributed by atoms with van der Waals surface area (Å²) in [6.07, 6.45) is 3.61. The zero-order valence-electron chi connectivity index (χ0n) is 9.53. The minimum Gasteiger partial charge on any atom is -0.469 e. The van der Waals surface area contributed by atoms with Gasteiger partial charge in [-0.05, 0) is 25.5 Å². The van der Waals surface area contributed by atoms with E-state index in [1.54, 1.807) is 6.26 Å². The summed E-state index contributed by atoms with van der Waals surface area (Å²) in [5.74, 6) is 1.00. The van der Waals surface area contributed by atoms with Gasteiger partial charge in [0.1, 0.15) is 5.76 Å². The Bertz CT molecular complexity index is 298. The van der Waals surface area contributed by atoms with Crippen LogP contribution in [0.2, 0.25) is 0 Å². The number of nitrogens with two attached hydrogens (primary N) is 1. The highest BCUT2D eigenvalue weighted by Crippen LogP contribution is 2.05. The van der Waals surface area contributed by atoms with Gasteiger partial charge in [-0.25, -0.2) is 4.79 Å². The molecular weight excluding hydrogens is 206 g/mol. The van der Waals surface area contributed by atoms with Crippen molar-refractivity contribution in [2.24, 2.45) is 5.73 Å². The smallest absolute Gasteiger partial charge is 0.312 e. The number of carbonyl (C=O) groups is 1. The van der Waals surface area contributed by atoms with E-state index in [4.69, 9.17) is 10.2 Å². The Morgan fingerprint density at radius 2 is 2.38 bits per heavy atom. The van der Waals surface area contributed by atoms with E-state index < -0.39 is 6.03 Å². The van der Waals surface area contributed by atoms with Gasteiger partial charge in [0.25, 0.3) is 0 Å². The zero-order chi connectivity index (χ0) is 11.8. The van der Waals surface area contributed by atoms with E-state index in [1.165, 1.54) is 0 Å². The molecule has 0 fully saturated rings. The fraction of sp³-hybridized carbons (Fsp3) is 0.545. The summed E-state index contributed by atoms with van der Waals surface area (Å²) in [5.41, 5.74) is 4.94. The fourth-order valence-electron chi connectivity index (χ4n) is 1.42. The maximum atomic E-state index is 10.4. The monoisotopic (exact) mass is 225 g/mol. The van der Waals surface area contributed by atoms with E-state index in [-0.39, 0.29) is 0 Å². The van der Waals surface area contributed by atoms with Gasteiger partial charge >= 0.3 is 6.03 Å². The summed E-state index contributed by atoms with van der Waals surface area (Å²) in [5, 5.41) is 5.82. The molecule has 0 aliphatic rings. The highest BCUT2D eigenvalue weighted by Gasteiger charge is 2.03. The second-order valence-corrected chi connectivity index (χ2v) is 3.76. The second kappa shape index (κ2) is 6.90. The van der Waals surface area contributed by atoms with Gasteiger partial charge in [-0.2, -0.15) is 0 Å². The molecule has 0 aromatic carbocycles. The quantitative estimate of drug-likeness (QED) is 0.602. The van der Waals surface area contributed by atoms with Crippen LogP contribution in [0.1, 0.15) is 19.1 Å². The second-order valence-electron chi connectivity index (χ2n) is 3.76. The van der Waals surface area contributed by atoms with E-state index in [1.807, 2.05) is 12.1 Å². The lowest BCUT2D eigenvalue weighted by Crippen LogP contribution is -2.38. The Morgan fingerprint density at radius 1 is 1.56 bits per heavy atom. The molecule has 4 N–H and O–H groups in total.